The Balaban J connectivity index is 1.49. The van der Waals surface area contributed by atoms with Gasteiger partial charge in [0.15, 0.2) is 0 Å². The lowest BCUT2D eigenvalue weighted by atomic mass is 10.1. The summed E-state index contributed by atoms with van der Waals surface area (Å²) in [6.07, 6.45) is 5.39. The van der Waals surface area contributed by atoms with E-state index in [1.54, 1.807) is 0 Å². The van der Waals surface area contributed by atoms with E-state index < -0.39 is 0 Å². The summed E-state index contributed by atoms with van der Waals surface area (Å²) >= 11 is 0. The molecule has 1 aromatic heterocycles. The molecule has 5 heteroatoms. The summed E-state index contributed by atoms with van der Waals surface area (Å²) in [5.74, 6) is -0.0931. The summed E-state index contributed by atoms with van der Waals surface area (Å²) in [6, 6.07) is 13.7. The molecule has 1 aliphatic rings. The van der Waals surface area contributed by atoms with Crippen LogP contribution in [0.1, 0.15) is 35.7 Å². The second-order valence-corrected chi connectivity index (χ2v) is 7.16. The van der Waals surface area contributed by atoms with Crippen molar-refractivity contribution in [2.45, 2.75) is 32.7 Å². The van der Waals surface area contributed by atoms with Crippen molar-refractivity contribution in [1.82, 2.24) is 14.5 Å². The van der Waals surface area contributed by atoms with E-state index in [-0.39, 0.29) is 5.91 Å². The molecule has 0 saturated carbocycles. The molecule has 0 radical (unpaired) electrons. The smallest absolute Gasteiger partial charge is 0.255 e. The van der Waals surface area contributed by atoms with Crippen molar-refractivity contribution in [3.8, 4) is 0 Å². The number of likely N-dealkylation sites (tertiary alicyclic amines) is 1. The summed E-state index contributed by atoms with van der Waals surface area (Å²) in [4.78, 5) is 19.7. The van der Waals surface area contributed by atoms with Gasteiger partial charge in [0.25, 0.3) is 5.91 Å². The van der Waals surface area contributed by atoms with E-state index in [9.17, 15) is 4.79 Å². The number of benzene rings is 2. The highest BCUT2D eigenvalue weighted by Crippen LogP contribution is 2.19. The molecule has 0 bridgehead atoms. The van der Waals surface area contributed by atoms with Gasteiger partial charge in [0.1, 0.15) is 0 Å². The Hall–Kier alpha value is -2.66. The highest BCUT2D eigenvalue weighted by Gasteiger charge is 2.13. The van der Waals surface area contributed by atoms with Crippen molar-refractivity contribution in [3.63, 3.8) is 0 Å². The molecule has 2 heterocycles. The summed E-state index contributed by atoms with van der Waals surface area (Å²) in [5, 5.41) is 3.03. The van der Waals surface area contributed by atoms with E-state index in [4.69, 9.17) is 0 Å². The number of nitrogens with zero attached hydrogens (tertiary/aromatic N) is 3. The van der Waals surface area contributed by atoms with Crippen molar-refractivity contribution < 1.29 is 4.79 Å². The Morgan fingerprint density at radius 2 is 1.93 bits per heavy atom. The number of anilines is 1. The monoisotopic (exact) mass is 362 g/mol. The minimum atomic E-state index is -0.0931. The van der Waals surface area contributed by atoms with Crippen LogP contribution in [0.3, 0.4) is 0 Å². The highest BCUT2D eigenvalue weighted by molar-refractivity contribution is 6.06. The molecule has 1 amide bonds. The van der Waals surface area contributed by atoms with Gasteiger partial charge in [0, 0.05) is 24.3 Å². The molecular formula is C22H26N4O. The lowest BCUT2D eigenvalue weighted by molar-refractivity contribution is 0.102. The van der Waals surface area contributed by atoms with Crippen LogP contribution in [0.15, 0.2) is 48.8 Å². The normalized spacial score (nSPS) is 14.7. The molecule has 1 aliphatic heterocycles. The SMILES string of the molecule is CCc1ccccc1NC(=O)c1ccc2c(c1)ncn2CCN1CCCC1. The van der Waals surface area contributed by atoms with Crippen LogP contribution in [0, 0.1) is 0 Å². The molecule has 0 unspecified atom stereocenters. The Morgan fingerprint density at radius 1 is 1.11 bits per heavy atom. The maximum atomic E-state index is 12.7. The first-order chi connectivity index (χ1) is 13.2. The number of carbonyl (C=O) groups is 1. The average Bonchev–Trinajstić information content (AvgIpc) is 3.36. The average molecular weight is 362 g/mol. The number of rotatable bonds is 6. The van der Waals surface area contributed by atoms with Gasteiger partial charge in [-0.25, -0.2) is 4.98 Å². The number of aromatic nitrogens is 2. The number of hydrogen-bond donors (Lipinski definition) is 1. The molecular weight excluding hydrogens is 336 g/mol. The van der Waals surface area contributed by atoms with Crippen molar-refractivity contribution in [2.24, 2.45) is 0 Å². The number of nitrogens with one attached hydrogen (secondary N) is 1. The van der Waals surface area contributed by atoms with Crippen LogP contribution < -0.4 is 5.32 Å². The summed E-state index contributed by atoms with van der Waals surface area (Å²) < 4.78 is 2.18. The first-order valence-electron chi connectivity index (χ1n) is 9.81. The molecule has 140 valence electrons. The van der Waals surface area contributed by atoms with E-state index in [0.29, 0.717) is 5.56 Å². The van der Waals surface area contributed by atoms with E-state index in [1.807, 2.05) is 48.8 Å². The van der Waals surface area contributed by atoms with E-state index in [1.165, 1.54) is 25.9 Å². The van der Waals surface area contributed by atoms with Crippen LogP contribution in [0.25, 0.3) is 11.0 Å². The van der Waals surface area contributed by atoms with Crippen LogP contribution in [0.2, 0.25) is 0 Å². The summed E-state index contributed by atoms with van der Waals surface area (Å²) in [6.45, 7) is 6.49. The fourth-order valence-corrected chi connectivity index (χ4v) is 3.78. The zero-order chi connectivity index (χ0) is 18.6. The Kier molecular flexibility index (Phi) is 5.21. The Bertz CT molecular complexity index is 940. The number of fused-ring (bicyclic) bond motifs is 1. The molecule has 0 aliphatic carbocycles. The van der Waals surface area contributed by atoms with Gasteiger partial charge in [-0.15, -0.1) is 0 Å². The van der Waals surface area contributed by atoms with Crippen molar-refractivity contribution in [2.75, 3.05) is 25.0 Å². The van der Waals surface area contributed by atoms with Gasteiger partial charge >= 0.3 is 0 Å². The molecule has 1 N–H and O–H groups in total. The molecule has 2 aromatic carbocycles. The zero-order valence-electron chi connectivity index (χ0n) is 15.8. The van der Waals surface area contributed by atoms with Gasteiger partial charge in [0.05, 0.1) is 17.4 Å². The van der Waals surface area contributed by atoms with Crippen LogP contribution in [0.5, 0.6) is 0 Å². The molecule has 1 fully saturated rings. The Morgan fingerprint density at radius 3 is 2.74 bits per heavy atom. The molecule has 0 spiro atoms. The third-order valence-electron chi connectivity index (χ3n) is 5.39. The van der Waals surface area contributed by atoms with E-state index in [0.717, 1.165) is 41.8 Å². The quantitative estimate of drug-likeness (QED) is 0.722. The molecule has 5 nitrogen and oxygen atoms in total. The maximum Gasteiger partial charge on any atom is 0.255 e. The zero-order valence-corrected chi connectivity index (χ0v) is 15.8. The molecule has 1 saturated heterocycles. The van der Waals surface area contributed by atoms with Crippen LogP contribution in [-0.2, 0) is 13.0 Å². The van der Waals surface area contributed by atoms with Crippen molar-refractivity contribution >= 4 is 22.6 Å². The molecule has 3 aromatic rings. The lowest BCUT2D eigenvalue weighted by Gasteiger charge is -2.15. The summed E-state index contributed by atoms with van der Waals surface area (Å²) in [7, 11) is 0. The Labute approximate surface area is 160 Å². The molecule has 0 atom stereocenters. The largest absolute Gasteiger partial charge is 0.329 e. The number of imidazole rings is 1. The second kappa shape index (κ2) is 7.92. The fraction of sp³-hybridized carbons (Fsp3) is 0.364. The first-order valence-corrected chi connectivity index (χ1v) is 9.81. The predicted octanol–water partition coefficient (Wildman–Crippen LogP) is 3.95. The first kappa shape index (κ1) is 17.7. The van der Waals surface area contributed by atoms with E-state index >= 15 is 0 Å². The maximum absolute atomic E-state index is 12.7. The molecule has 27 heavy (non-hydrogen) atoms. The third-order valence-corrected chi connectivity index (χ3v) is 5.39. The lowest BCUT2D eigenvalue weighted by Crippen LogP contribution is -2.23. The van der Waals surface area contributed by atoms with Gasteiger partial charge < -0.3 is 14.8 Å². The summed E-state index contributed by atoms with van der Waals surface area (Å²) in [5.41, 5.74) is 4.60. The van der Waals surface area contributed by atoms with Gasteiger partial charge in [-0.05, 0) is 62.2 Å². The second-order valence-electron chi connectivity index (χ2n) is 7.16. The van der Waals surface area contributed by atoms with Gasteiger partial charge in [-0.2, -0.15) is 0 Å². The number of aryl methyl sites for hydroxylation is 1. The highest BCUT2D eigenvalue weighted by atomic mass is 16.1. The van der Waals surface area contributed by atoms with Crippen LogP contribution in [0.4, 0.5) is 5.69 Å². The third kappa shape index (κ3) is 3.88. The minimum Gasteiger partial charge on any atom is -0.329 e. The standard InChI is InChI=1S/C22H26N4O/c1-2-17-7-3-4-8-19(17)24-22(27)18-9-10-21-20(15-18)23-16-26(21)14-13-25-11-5-6-12-25/h3-4,7-10,15-16H,2,5-6,11-14H2,1H3,(H,24,27). The van der Waals surface area contributed by atoms with Crippen molar-refractivity contribution in [3.05, 3.63) is 59.9 Å². The van der Waals surface area contributed by atoms with Crippen LogP contribution >= 0.6 is 0 Å². The number of amides is 1. The topological polar surface area (TPSA) is 50.2 Å². The van der Waals surface area contributed by atoms with Gasteiger partial charge in [-0.3, -0.25) is 4.79 Å². The molecule has 4 rings (SSSR count). The number of para-hydroxylation sites is 1. The number of hydrogen-bond acceptors (Lipinski definition) is 3. The van der Waals surface area contributed by atoms with Crippen molar-refractivity contribution in [1.29, 1.82) is 0 Å². The fourth-order valence-electron chi connectivity index (χ4n) is 3.78. The number of carbonyl (C=O) groups excluding carboxylic acids is 1. The van der Waals surface area contributed by atoms with E-state index in [2.05, 4.69) is 26.7 Å². The minimum absolute atomic E-state index is 0.0931. The predicted molar refractivity (Wildman–Crippen MR) is 109 cm³/mol. The van der Waals surface area contributed by atoms with Gasteiger partial charge in [-0.1, -0.05) is 25.1 Å². The van der Waals surface area contributed by atoms with Crippen LogP contribution in [-0.4, -0.2) is 40.0 Å². The van der Waals surface area contributed by atoms with Gasteiger partial charge in [0.2, 0.25) is 0 Å².